The fraction of sp³-hybridized carbons (Fsp3) is 0.294. The summed E-state index contributed by atoms with van der Waals surface area (Å²) in [6.07, 6.45) is 0. The molecule has 0 aromatic heterocycles. The molecule has 0 spiro atoms. The third-order valence-corrected chi connectivity index (χ3v) is 3.58. The molecule has 0 amide bonds. The lowest BCUT2D eigenvalue weighted by molar-refractivity contribution is 0.570. The second kappa shape index (κ2) is 5.71. The van der Waals surface area contributed by atoms with Gasteiger partial charge in [-0.15, -0.1) is 0 Å². The molecule has 0 bridgehead atoms. The van der Waals surface area contributed by atoms with E-state index in [1.165, 1.54) is 24.6 Å². The first kappa shape index (κ1) is 14.7. The van der Waals surface area contributed by atoms with Crippen LogP contribution in [0, 0.1) is 18.6 Å². The van der Waals surface area contributed by atoms with Crippen LogP contribution in [0.5, 0.6) is 0 Å². The topological polar surface area (TPSA) is 26.0 Å². The first-order valence-corrected chi connectivity index (χ1v) is 6.71. The number of hydrogen-bond acceptors (Lipinski definition) is 1. The van der Waals surface area contributed by atoms with Crippen molar-refractivity contribution in [3.63, 3.8) is 0 Å². The van der Waals surface area contributed by atoms with Gasteiger partial charge in [0.25, 0.3) is 0 Å². The summed E-state index contributed by atoms with van der Waals surface area (Å²) in [6, 6.07) is 9.41. The molecule has 20 heavy (non-hydrogen) atoms. The molecule has 2 aromatic rings. The van der Waals surface area contributed by atoms with Crippen molar-refractivity contribution in [3.05, 3.63) is 70.3 Å². The van der Waals surface area contributed by atoms with Gasteiger partial charge in [0.15, 0.2) is 0 Å². The van der Waals surface area contributed by atoms with E-state index >= 15 is 0 Å². The smallest absolute Gasteiger partial charge is 0.128 e. The molecule has 0 aliphatic carbocycles. The van der Waals surface area contributed by atoms with Crippen LogP contribution >= 0.6 is 0 Å². The molecule has 2 rings (SSSR count). The molecule has 0 fully saturated rings. The average molecular weight is 275 g/mol. The minimum atomic E-state index is -0.661. The van der Waals surface area contributed by atoms with Crippen molar-refractivity contribution in [2.75, 3.05) is 0 Å². The number of rotatable bonds is 3. The highest BCUT2D eigenvalue weighted by Crippen LogP contribution is 2.26. The molecule has 106 valence electrons. The Kier molecular flexibility index (Phi) is 4.19. The van der Waals surface area contributed by atoms with Crippen LogP contribution in [0.1, 0.15) is 48.1 Å². The van der Waals surface area contributed by atoms with Gasteiger partial charge in [0, 0.05) is 5.56 Å². The van der Waals surface area contributed by atoms with Crippen LogP contribution in [0.2, 0.25) is 0 Å². The number of hydrogen-bond donors (Lipinski definition) is 1. The molecule has 0 aliphatic rings. The summed E-state index contributed by atoms with van der Waals surface area (Å²) in [5.41, 5.74) is 8.49. The van der Waals surface area contributed by atoms with E-state index in [1.807, 2.05) is 24.3 Å². The van der Waals surface area contributed by atoms with Crippen molar-refractivity contribution in [2.45, 2.75) is 32.7 Å². The predicted octanol–water partition coefficient (Wildman–Crippen LogP) is 4.44. The lowest BCUT2D eigenvalue weighted by atomic mass is 9.95. The van der Waals surface area contributed by atoms with Crippen molar-refractivity contribution in [2.24, 2.45) is 5.73 Å². The SMILES string of the molecule is Cc1cc(F)c(C(N)c2ccc(C(C)C)cc2)cc1F. The van der Waals surface area contributed by atoms with Crippen LogP contribution in [-0.2, 0) is 0 Å². The Balaban J connectivity index is 2.36. The van der Waals surface area contributed by atoms with Crippen molar-refractivity contribution in [1.82, 2.24) is 0 Å². The average Bonchev–Trinajstić information content (AvgIpc) is 2.42. The van der Waals surface area contributed by atoms with E-state index in [4.69, 9.17) is 5.73 Å². The quantitative estimate of drug-likeness (QED) is 0.880. The van der Waals surface area contributed by atoms with Crippen LogP contribution in [0.3, 0.4) is 0 Å². The van der Waals surface area contributed by atoms with Crippen molar-refractivity contribution >= 4 is 0 Å². The molecular weight excluding hydrogens is 256 g/mol. The Labute approximate surface area is 118 Å². The molecule has 1 nitrogen and oxygen atoms in total. The van der Waals surface area contributed by atoms with Gasteiger partial charge in [-0.05, 0) is 41.7 Å². The van der Waals surface area contributed by atoms with Gasteiger partial charge < -0.3 is 5.73 Å². The summed E-state index contributed by atoms with van der Waals surface area (Å²) in [4.78, 5) is 0. The maximum absolute atomic E-state index is 13.9. The van der Waals surface area contributed by atoms with Crippen LogP contribution in [0.15, 0.2) is 36.4 Å². The lowest BCUT2D eigenvalue weighted by Crippen LogP contribution is -2.14. The monoisotopic (exact) mass is 275 g/mol. The normalized spacial score (nSPS) is 12.8. The third-order valence-electron chi connectivity index (χ3n) is 3.58. The molecule has 3 heteroatoms. The van der Waals surface area contributed by atoms with Crippen LogP contribution in [0.4, 0.5) is 8.78 Å². The van der Waals surface area contributed by atoms with Crippen molar-refractivity contribution in [1.29, 1.82) is 0 Å². The van der Waals surface area contributed by atoms with E-state index in [0.717, 1.165) is 5.56 Å². The van der Waals surface area contributed by atoms with E-state index in [2.05, 4.69) is 13.8 Å². The van der Waals surface area contributed by atoms with E-state index in [0.29, 0.717) is 5.92 Å². The predicted molar refractivity (Wildman–Crippen MR) is 77.7 cm³/mol. The number of nitrogens with two attached hydrogens (primary N) is 1. The lowest BCUT2D eigenvalue weighted by Gasteiger charge is -2.15. The van der Waals surface area contributed by atoms with Gasteiger partial charge in [-0.2, -0.15) is 0 Å². The van der Waals surface area contributed by atoms with Gasteiger partial charge in [0.1, 0.15) is 11.6 Å². The Hall–Kier alpha value is -1.74. The standard InChI is InChI=1S/C17H19F2N/c1-10(2)12-4-6-13(7-5-12)17(20)14-9-15(18)11(3)8-16(14)19/h4-10,17H,20H2,1-3H3. The zero-order chi connectivity index (χ0) is 14.9. The van der Waals surface area contributed by atoms with Gasteiger partial charge in [0.05, 0.1) is 6.04 Å². The summed E-state index contributed by atoms with van der Waals surface area (Å²) in [7, 11) is 0. The number of aryl methyl sites for hydroxylation is 1. The second-order valence-corrected chi connectivity index (χ2v) is 5.42. The molecule has 0 saturated heterocycles. The summed E-state index contributed by atoms with van der Waals surface area (Å²) < 4.78 is 27.5. The van der Waals surface area contributed by atoms with Crippen molar-refractivity contribution < 1.29 is 8.78 Å². The zero-order valence-corrected chi connectivity index (χ0v) is 12.0. The third kappa shape index (κ3) is 2.88. The van der Waals surface area contributed by atoms with Crippen LogP contribution < -0.4 is 5.73 Å². The summed E-state index contributed by atoms with van der Waals surface area (Å²) in [5.74, 6) is -0.478. The highest BCUT2D eigenvalue weighted by atomic mass is 19.1. The van der Waals surface area contributed by atoms with E-state index < -0.39 is 17.7 Å². The maximum atomic E-state index is 13.9. The van der Waals surface area contributed by atoms with Crippen LogP contribution in [-0.4, -0.2) is 0 Å². The minimum absolute atomic E-state index is 0.186. The highest BCUT2D eigenvalue weighted by Gasteiger charge is 2.16. The molecular formula is C17H19F2N. The van der Waals surface area contributed by atoms with Gasteiger partial charge in [-0.1, -0.05) is 38.1 Å². The van der Waals surface area contributed by atoms with E-state index in [1.54, 1.807) is 0 Å². The first-order chi connectivity index (χ1) is 9.40. The maximum Gasteiger partial charge on any atom is 0.128 e. The fourth-order valence-electron chi connectivity index (χ4n) is 2.17. The van der Waals surface area contributed by atoms with E-state index in [-0.39, 0.29) is 11.1 Å². The second-order valence-electron chi connectivity index (χ2n) is 5.42. The Morgan fingerprint density at radius 3 is 2.00 bits per heavy atom. The van der Waals surface area contributed by atoms with Gasteiger partial charge >= 0.3 is 0 Å². The minimum Gasteiger partial charge on any atom is -0.320 e. The molecule has 2 aromatic carbocycles. The van der Waals surface area contributed by atoms with E-state index in [9.17, 15) is 8.78 Å². The zero-order valence-electron chi connectivity index (χ0n) is 12.0. The van der Waals surface area contributed by atoms with Crippen molar-refractivity contribution in [3.8, 4) is 0 Å². The summed E-state index contributed by atoms with van der Waals surface area (Å²) in [6.45, 7) is 5.74. The Morgan fingerprint density at radius 2 is 1.45 bits per heavy atom. The first-order valence-electron chi connectivity index (χ1n) is 6.71. The largest absolute Gasteiger partial charge is 0.320 e. The molecule has 0 heterocycles. The highest BCUT2D eigenvalue weighted by molar-refractivity contribution is 5.36. The van der Waals surface area contributed by atoms with Crippen LogP contribution in [0.25, 0.3) is 0 Å². The number of halogens is 2. The number of benzene rings is 2. The fourth-order valence-corrected chi connectivity index (χ4v) is 2.17. The molecule has 0 saturated carbocycles. The Bertz CT molecular complexity index is 603. The molecule has 1 unspecified atom stereocenters. The van der Waals surface area contributed by atoms with Gasteiger partial charge in [-0.3, -0.25) is 0 Å². The van der Waals surface area contributed by atoms with Gasteiger partial charge in [0.2, 0.25) is 0 Å². The molecule has 1 atom stereocenters. The molecule has 0 aliphatic heterocycles. The molecule has 2 N–H and O–H groups in total. The molecule has 0 radical (unpaired) electrons. The van der Waals surface area contributed by atoms with Gasteiger partial charge in [-0.25, -0.2) is 8.78 Å². The summed E-state index contributed by atoms with van der Waals surface area (Å²) in [5, 5.41) is 0. The Morgan fingerprint density at radius 1 is 0.900 bits per heavy atom. The summed E-state index contributed by atoms with van der Waals surface area (Å²) >= 11 is 0.